The van der Waals surface area contributed by atoms with Crippen LogP contribution in [0.1, 0.15) is 13.8 Å². The van der Waals surface area contributed by atoms with E-state index in [0.717, 1.165) is 11.8 Å². The second-order valence-electron chi connectivity index (χ2n) is 4.07. The van der Waals surface area contributed by atoms with Crippen LogP contribution >= 0.6 is 11.8 Å². The van der Waals surface area contributed by atoms with E-state index in [4.69, 9.17) is 5.11 Å². The summed E-state index contributed by atoms with van der Waals surface area (Å²) < 4.78 is 24.7. The number of benzene rings is 1. The average molecular weight is 289 g/mol. The SMILES string of the molecule is CNS(=O)(=O)c1ccccc1SC(C)(C)C(=O)O. The monoisotopic (exact) mass is 289 g/mol. The van der Waals surface area contributed by atoms with Gasteiger partial charge in [0.2, 0.25) is 10.0 Å². The number of nitrogens with one attached hydrogen (secondary N) is 1. The zero-order valence-electron chi connectivity index (χ0n) is 10.3. The molecule has 1 aromatic rings. The Morgan fingerprint density at radius 2 is 1.89 bits per heavy atom. The molecule has 0 unspecified atom stereocenters. The van der Waals surface area contributed by atoms with Crippen LogP contribution < -0.4 is 4.72 Å². The summed E-state index contributed by atoms with van der Waals surface area (Å²) in [5.41, 5.74) is 0. The Morgan fingerprint density at radius 1 is 1.33 bits per heavy atom. The van der Waals surface area contributed by atoms with E-state index >= 15 is 0 Å². The first-order valence-electron chi connectivity index (χ1n) is 5.15. The predicted molar refractivity (Wildman–Crippen MR) is 70.3 cm³/mol. The van der Waals surface area contributed by atoms with Crippen LogP contribution in [-0.2, 0) is 14.8 Å². The van der Waals surface area contributed by atoms with Crippen LogP contribution in [0.15, 0.2) is 34.1 Å². The Hall–Kier alpha value is -1.05. The Kier molecular flexibility index (Phi) is 4.41. The lowest BCUT2D eigenvalue weighted by molar-refractivity contribution is -0.138. The lowest BCUT2D eigenvalue weighted by Crippen LogP contribution is -2.27. The molecule has 5 nitrogen and oxygen atoms in total. The van der Waals surface area contributed by atoms with Gasteiger partial charge in [-0.3, -0.25) is 4.79 Å². The van der Waals surface area contributed by atoms with Crippen LogP contribution in [0.25, 0.3) is 0 Å². The minimum absolute atomic E-state index is 0.0897. The fourth-order valence-corrected chi connectivity index (χ4v) is 3.40. The number of hydrogen-bond acceptors (Lipinski definition) is 4. The van der Waals surface area contributed by atoms with Crippen LogP contribution in [-0.4, -0.2) is 31.3 Å². The topological polar surface area (TPSA) is 83.5 Å². The zero-order valence-corrected chi connectivity index (χ0v) is 11.9. The standard InChI is InChI=1S/C11H15NO4S2/c1-11(2,10(13)14)17-8-6-4-5-7-9(8)18(15,16)12-3/h4-7,12H,1-3H3,(H,13,14). The number of sulfonamides is 1. The molecule has 0 bridgehead atoms. The maximum atomic E-state index is 11.8. The number of thioether (sulfide) groups is 1. The minimum atomic E-state index is -3.59. The lowest BCUT2D eigenvalue weighted by atomic mass is 10.2. The Bertz CT molecular complexity index is 552. The first-order valence-corrected chi connectivity index (χ1v) is 7.45. The number of carboxylic acids is 1. The molecule has 0 aliphatic rings. The van der Waals surface area contributed by atoms with Crippen molar-refractivity contribution in [2.45, 2.75) is 28.4 Å². The number of aliphatic carboxylic acids is 1. The highest BCUT2D eigenvalue weighted by molar-refractivity contribution is 8.02. The van der Waals surface area contributed by atoms with Crippen molar-refractivity contribution in [3.63, 3.8) is 0 Å². The van der Waals surface area contributed by atoms with Crippen LogP contribution in [0.3, 0.4) is 0 Å². The largest absolute Gasteiger partial charge is 0.480 e. The van der Waals surface area contributed by atoms with E-state index in [-0.39, 0.29) is 4.90 Å². The van der Waals surface area contributed by atoms with E-state index in [2.05, 4.69) is 4.72 Å². The Morgan fingerprint density at radius 3 is 2.39 bits per heavy atom. The molecule has 0 fully saturated rings. The van der Waals surface area contributed by atoms with Gasteiger partial charge >= 0.3 is 5.97 Å². The molecular weight excluding hydrogens is 274 g/mol. The van der Waals surface area contributed by atoms with Gasteiger partial charge in [0.1, 0.15) is 4.75 Å². The third-order valence-corrected chi connectivity index (χ3v) is 5.15. The third kappa shape index (κ3) is 3.24. The van der Waals surface area contributed by atoms with Crippen molar-refractivity contribution in [2.75, 3.05) is 7.05 Å². The molecule has 0 atom stereocenters. The highest BCUT2D eigenvalue weighted by Gasteiger charge is 2.30. The lowest BCUT2D eigenvalue weighted by Gasteiger charge is -2.20. The van der Waals surface area contributed by atoms with Crippen molar-refractivity contribution in [2.24, 2.45) is 0 Å². The van der Waals surface area contributed by atoms with Crippen molar-refractivity contribution in [3.05, 3.63) is 24.3 Å². The minimum Gasteiger partial charge on any atom is -0.480 e. The first-order chi connectivity index (χ1) is 8.20. The van der Waals surface area contributed by atoms with Crippen LogP contribution in [0.5, 0.6) is 0 Å². The molecule has 18 heavy (non-hydrogen) atoms. The molecule has 0 heterocycles. The average Bonchev–Trinajstić information content (AvgIpc) is 2.29. The normalized spacial score (nSPS) is 12.4. The number of carboxylic acid groups (broad SMARTS) is 1. The highest BCUT2D eigenvalue weighted by Crippen LogP contribution is 2.36. The summed E-state index contributed by atoms with van der Waals surface area (Å²) >= 11 is 1.00. The van der Waals surface area contributed by atoms with Gasteiger partial charge in [0.15, 0.2) is 0 Å². The van der Waals surface area contributed by atoms with Gasteiger partial charge in [-0.2, -0.15) is 0 Å². The summed E-state index contributed by atoms with van der Waals surface area (Å²) in [6.07, 6.45) is 0. The van der Waals surface area contributed by atoms with Gasteiger partial charge in [-0.1, -0.05) is 12.1 Å². The molecule has 0 amide bonds. The third-order valence-electron chi connectivity index (χ3n) is 2.29. The van der Waals surface area contributed by atoms with E-state index < -0.39 is 20.7 Å². The molecule has 0 radical (unpaired) electrons. The van der Waals surface area contributed by atoms with Gasteiger partial charge in [-0.05, 0) is 33.0 Å². The molecule has 0 saturated carbocycles. The fraction of sp³-hybridized carbons (Fsp3) is 0.364. The van der Waals surface area contributed by atoms with E-state index in [1.165, 1.54) is 27.0 Å². The van der Waals surface area contributed by atoms with E-state index in [1.807, 2.05) is 0 Å². The second-order valence-corrected chi connectivity index (χ2v) is 7.59. The van der Waals surface area contributed by atoms with Gasteiger partial charge in [0.05, 0.1) is 4.90 Å². The van der Waals surface area contributed by atoms with Crippen LogP contribution in [0.4, 0.5) is 0 Å². The molecule has 2 N–H and O–H groups in total. The number of hydrogen-bond donors (Lipinski definition) is 2. The molecule has 0 aliphatic heterocycles. The summed E-state index contributed by atoms with van der Waals surface area (Å²) in [5.74, 6) is -0.996. The second kappa shape index (κ2) is 5.29. The molecule has 100 valence electrons. The summed E-state index contributed by atoms with van der Waals surface area (Å²) in [6, 6.07) is 6.32. The summed E-state index contributed by atoms with van der Waals surface area (Å²) in [7, 11) is -2.27. The zero-order chi connectivity index (χ0) is 14.0. The van der Waals surface area contributed by atoms with E-state index in [1.54, 1.807) is 18.2 Å². The summed E-state index contributed by atoms with van der Waals surface area (Å²) in [6.45, 7) is 3.06. The number of rotatable bonds is 5. The maximum absolute atomic E-state index is 11.8. The molecule has 7 heteroatoms. The quantitative estimate of drug-likeness (QED) is 0.804. The van der Waals surface area contributed by atoms with Crippen molar-refractivity contribution in [3.8, 4) is 0 Å². The van der Waals surface area contributed by atoms with Gasteiger partial charge < -0.3 is 5.11 Å². The number of carbonyl (C=O) groups is 1. The first kappa shape index (κ1) is 15.0. The van der Waals surface area contributed by atoms with Crippen molar-refractivity contribution in [1.29, 1.82) is 0 Å². The molecule has 0 aliphatic carbocycles. The smallest absolute Gasteiger partial charge is 0.319 e. The van der Waals surface area contributed by atoms with Gasteiger partial charge in [-0.25, -0.2) is 13.1 Å². The maximum Gasteiger partial charge on any atom is 0.319 e. The fourth-order valence-electron chi connectivity index (χ4n) is 1.18. The van der Waals surface area contributed by atoms with Crippen LogP contribution in [0.2, 0.25) is 0 Å². The Labute approximate surface area is 111 Å². The van der Waals surface area contributed by atoms with Gasteiger partial charge in [0, 0.05) is 4.90 Å². The van der Waals surface area contributed by atoms with E-state index in [0.29, 0.717) is 4.90 Å². The Balaban J connectivity index is 3.24. The van der Waals surface area contributed by atoms with Crippen molar-refractivity contribution < 1.29 is 18.3 Å². The molecule has 0 spiro atoms. The molecule has 0 saturated heterocycles. The summed E-state index contributed by atoms with van der Waals surface area (Å²) in [4.78, 5) is 11.6. The molecule has 0 aromatic heterocycles. The highest BCUT2D eigenvalue weighted by atomic mass is 32.2. The van der Waals surface area contributed by atoms with E-state index in [9.17, 15) is 13.2 Å². The van der Waals surface area contributed by atoms with Crippen molar-refractivity contribution >= 4 is 27.8 Å². The molecular formula is C11H15NO4S2. The van der Waals surface area contributed by atoms with Gasteiger partial charge in [0.25, 0.3) is 0 Å². The van der Waals surface area contributed by atoms with Gasteiger partial charge in [-0.15, -0.1) is 11.8 Å². The van der Waals surface area contributed by atoms with Crippen molar-refractivity contribution in [1.82, 2.24) is 4.72 Å². The molecule has 1 aromatic carbocycles. The summed E-state index contributed by atoms with van der Waals surface area (Å²) in [5, 5.41) is 9.07. The predicted octanol–water partition coefficient (Wildman–Crippen LogP) is 1.55. The van der Waals surface area contributed by atoms with Crippen LogP contribution in [0, 0.1) is 0 Å². The molecule has 1 rings (SSSR count).